The first-order chi connectivity index (χ1) is 17.6. The maximum Gasteiger partial charge on any atom is 0.417 e. The highest BCUT2D eigenvalue weighted by atomic mass is 19.4. The van der Waals surface area contributed by atoms with Crippen molar-refractivity contribution in [2.75, 3.05) is 0 Å². The predicted octanol–water partition coefficient (Wildman–Crippen LogP) is 8.67. The average molecular weight is 501 g/mol. The van der Waals surface area contributed by atoms with E-state index in [4.69, 9.17) is 0 Å². The number of benzene rings is 4. The molecule has 4 aromatic carbocycles. The monoisotopic (exact) mass is 500 g/mol. The summed E-state index contributed by atoms with van der Waals surface area (Å²) in [5.74, 6) is 0.0179. The predicted molar refractivity (Wildman–Crippen MR) is 141 cm³/mol. The molecule has 0 heterocycles. The van der Waals surface area contributed by atoms with Crippen LogP contribution in [0.15, 0.2) is 84.9 Å². The minimum Gasteiger partial charge on any atom is -0.294 e. The zero-order valence-corrected chi connectivity index (χ0v) is 20.9. The van der Waals surface area contributed by atoms with Crippen molar-refractivity contribution in [1.29, 1.82) is 0 Å². The van der Waals surface area contributed by atoms with E-state index in [0.717, 1.165) is 22.8 Å². The average Bonchev–Trinajstić information content (AvgIpc) is 2.88. The summed E-state index contributed by atoms with van der Waals surface area (Å²) in [6.45, 7) is 5.23. The number of rotatable bonds is 7. The molecule has 0 bridgehead atoms. The van der Waals surface area contributed by atoms with Crippen LogP contribution in [0.3, 0.4) is 0 Å². The highest BCUT2D eigenvalue weighted by Gasteiger charge is 2.34. The summed E-state index contributed by atoms with van der Waals surface area (Å²) >= 11 is 0. The van der Waals surface area contributed by atoms with Gasteiger partial charge in [-0.1, -0.05) is 91.3 Å². The Balaban J connectivity index is 1.51. The molecular weight excluding hydrogens is 473 g/mol. The van der Waals surface area contributed by atoms with Gasteiger partial charge in [0.15, 0.2) is 11.6 Å². The lowest BCUT2D eigenvalue weighted by molar-refractivity contribution is -0.137. The molecule has 0 spiro atoms. The van der Waals surface area contributed by atoms with Crippen LogP contribution in [0.2, 0.25) is 0 Å². The van der Waals surface area contributed by atoms with Crippen molar-refractivity contribution in [1.82, 2.24) is 0 Å². The molecule has 0 fully saturated rings. The number of ketones is 2. The quantitative estimate of drug-likeness (QED) is 0.238. The molecule has 0 atom stereocenters. The molecular formula is C32H27F3O2. The minimum atomic E-state index is -4.45. The number of Topliss-reactive ketones (excluding diaryl/α,β-unsaturated/α-hetero) is 2. The summed E-state index contributed by atoms with van der Waals surface area (Å²) in [6, 6.07) is 24.2. The molecule has 0 aromatic heterocycles. The van der Waals surface area contributed by atoms with Gasteiger partial charge in [0.25, 0.3) is 0 Å². The Bertz CT molecular complexity index is 1450. The first-order valence-electron chi connectivity index (χ1n) is 12.1. The fraction of sp³-hybridized carbons (Fsp3) is 0.188. The molecule has 2 nitrogen and oxygen atoms in total. The summed E-state index contributed by atoms with van der Waals surface area (Å²) in [4.78, 5) is 24.7. The minimum absolute atomic E-state index is 0.0751. The standard InChI is InChI=1S/C32H27F3O2/c1-4-30(36)25-11-7-23(8-12-25)24-9-13-26(14-10-24)31(37)19-22-6-16-27(21(3)18-22)28-15-5-20(2)17-29(28)32(33,34)35/h5-18H,4,19H2,1-3H3. The van der Waals surface area contributed by atoms with Crippen LogP contribution in [0.4, 0.5) is 13.2 Å². The molecule has 0 aliphatic rings. The van der Waals surface area contributed by atoms with Crippen molar-refractivity contribution in [2.45, 2.75) is 39.8 Å². The third-order valence-corrected chi connectivity index (χ3v) is 6.49. The summed E-state index contributed by atoms with van der Waals surface area (Å²) in [5, 5.41) is 0. The first-order valence-corrected chi connectivity index (χ1v) is 12.1. The largest absolute Gasteiger partial charge is 0.417 e. The van der Waals surface area contributed by atoms with Gasteiger partial charge < -0.3 is 0 Å². The Labute approximate surface area is 214 Å². The SMILES string of the molecule is CCC(=O)c1ccc(-c2ccc(C(=O)Cc3ccc(-c4ccc(C)cc4C(F)(F)F)c(C)c3)cc2)cc1. The number of halogens is 3. The first kappa shape index (κ1) is 26.1. The van der Waals surface area contributed by atoms with Gasteiger partial charge in [0.2, 0.25) is 0 Å². The normalized spacial score (nSPS) is 11.4. The van der Waals surface area contributed by atoms with E-state index in [9.17, 15) is 22.8 Å². The molecule has 37 heavy (non-hydrogen) atoms. The number of hydrogen-bond donors (Lipinski definition) is 0. The Morgan fingerprint density at radius 1 is 0.676 bits per heavy atom. The number of carbonyl (C=O) groups is 2. The number of carbonyl (C=O) groups excluding carboxylic acids is 2. The third kappa shape index (κ3) is 5.88. The molecule has 0 saturated heterocycles. The molecule has 0 radical (unpaired) electrons. The third-order valence-electron chi connectivity index (χ3n) is 6.49. The van der Waals surface area contributed by atoms with Gasteiger partial charge in [-0.15, -0.1) is 0 Å². The fourth-order valence-corrected chi connectivity index (χ4v) is 4.45. The highest BCUT2D eigenvalue weighted by Crippen LogP contribution is 2.39. The van der Waals surface area contributed by atoms with Gasteiger partial charge in [0.1, 0.15) is 0 Å². The molecule has 4 rings (SSSR count). The van der Waals surface area contributed by atoms with Crippen molar-refractivity contribution in [3.8, 4) is 22.3 Å². The Morgan fingerprint density at radius 2 is 1.22 bits per heavy atom. The van der Waals surface area contributed by atoms with Crippen molar-refractivity contribution in [3.63, 3.8) is 0 Å². The lowest BCUT2D eigenvalue weighted by atomic mass is 9.92. The van der Waals surface area contributed by atoms with E-state index >= 15 is 0 Å². The van der Waals surface area contributed by atoms with Gasteiger partial charge in [-0.3, -0.25) is 9.59 Å². The van der Waals surface area contributed by atoms with Crippen molar-refractivity contribution in [3.05, 3.63) is 118 Å². The van der Waals surface area contributed by atoms with Crippen LogP contribution in [0.5, 0.6) is 0 Å². The van der Waals surface area contributed by atoms with Gasteiger partial charge in [-0.25, -0.2) is 0 Å². The molecule has 0 amide bonds. The number of aryl methyl sites for hydroxylation is 2. The summed E-state index contributed by atoms with van der Waals surface area (Å²) < 4.78 is 40.9. The van der Waals surface area contributed by atoms with Crippen LogP contribution in [-0.2, 0) is 12.6 Å². The maximum absolute atomic E-state index is 13.6. The molecule has 0 unspecified atom stereocenters. The smallest absolute Gasteiger partial charge is 0.294 e. The highest BCUT2D eigenvalue weighted by molar-refractivity contribution is 5.98. The van der Waals surface area contributed by atoms with Crippen LogP contribution in [0.1, 0.15) is 56.3 Å². The van der Waals surface area contributed by atoms with Crippen LogP contribution in [-0.4, -0.2) is 11.6 Å². The van der Waals surface area contributed by atoms with Crippen LogP contribution >= 0.6 is 0 Å². The van der Waals surface area contributed by atoms with Gasteiger partial charge in [-0.05, 0) is 53.3 Å². The van der Waals surface area contributed by atoms with Crippen LogP contribution in [0.25, 0.3) is 22.3 Å². The van der Waals surface area contributed by atoms with E-state index in [0.29, 0.717) is 34.2 Å². The fourth-order valence-electron chi connectivity index (χ4n) is 4.45. The van der Waals surface area contributed by atoms with Gasteiger partial charge >= 0.3 is 6.18 Å². The van der Waals surface area contributed by atoms with E-state index in [-0.39, 0.29) is 23.6 Å². The van der Waals surface area contributed by atoms with Crippen molar-refractivity contribution in [2.24, 2.45) is 0 Å². The van der Waals surface area contributed by atoms with Crippen molar-refractivity contribution >= 4 is 11.6 Å². The van der Waals surface area contributed by atoms with Crippen LogP contribution < -0.4 is 0 Å². The lowest BCUT2D eigenvalue weighted by Crippen LogP contribution is -2.08. The molecule has 0 N–H and O–H groups in total. The Morgan fingerprint density at radius 3 is 1.73 bits per heavy atom. The van der Waals surface area contributed by atoms with E-state index in [2.05, 4.69) is 0 Å². The zero-order valence-electron chi connectivity index (χ0n) is 20.9. The van der Waals surface area contributed by atoms with Gasteiger partial charge in [0, 0.05) is 24.0 Å². The van der Waals surface area contributed by atoms with E-state index in [1.165, 1.54) is 6.07 Å². The van der Waals surface area contributed by atoms with Gasteiger partial charge in [-0.2, -0.15) is 13.2 Å². The van der Waals surface area contributed by atoms with Gasteiger partial charge in [0.05, 0.1) is 5.56 Å². The number of alkyl halides is 3. The Kier molecular flexibility index (Phi) is 7.44. The number of hydrogen-bond acceptors (Lipinski definition) is 2. The second-order valence-electron chi connectivity index (χ2n) is 9.23. The molecule has 0 saturated carbocycles. The summed E-state index contributed by atoms with van der Waals surface area (Å²) in [6.07, 6.45) is -3.85. The zero-order chi connectivity index (χ0) is 26.7. The molecule has 0 aliphatic heterocycles. The molecule has 4 aromatic rings. The lowest BCUT2D eigenvalue weighted by Gasteiger charge is -2.16. The summed E-state index contributed by atoms with van der Waals surface area (Å²) in [5.41, 5.74) is 5.06. The molecule has 5 heteroatoms. The van der Waals surface area contributed by atoms with Crippen molar-refractivity contribution < 1.29 is 22.8 Å². The topological polar surface area (TPSA) is 34.1 Å². The molecule has 0 aliphatic carbocycles. The maximum atomic E-state index is 13.6. The van der Waals surface area contributed by atoms with Crippen LogP contribution in [0, 0.1) is 13.8 Å². The van der Waals surface area contributed by atoms with E-state index < -0.39 is 11.7 Å². The van der Waals surface area contributed by atoms with E-state index in [1.54, 1.807) is 62.4 Å². The van der Waals surface area contributed by atoms with E-state index in [1.807, 2.05) is 31.2 Å². The Hall–Kier alpha value is -3.99. The second-order valence-corrected chi connectivity index (χ2v) is 9.23. The summed E-state index contributed by atoms with van der Waals surface area (Å²) in [7, 11) is 0. The second kappa shape index (κ2) is 10.6. The molecule has 188 valence electrons.